The highest BCUT2D eigenvalue weighted by Crippen LogP contribution is 2.41. The van der Waals surface area contributed by atoms with Crippen molar-refractivity contribution in [2.24, 2.45) is 11.1 Å². The molecule has 0 aromatic heterocycles. The van der Waals surface area contributed by atoms with Crippen LogP contribution in [0.5, 0.6) is 0 Å². The molecule has 102 valence electrons. The highest BCUT2D eigenvalue weighted by atomic mass is 19.1. The molecule has 1 aromatic rings. The third-order valence-corrected chi connectivity index (χ3v) is 3.64. The van der Waals surface area contributed by atoms with Crippen LogP contribution < -0.4 is 11.1 Å². The zero-order chi connectivity index (χ0) is 14.0. The van der Waals surface area contributed by atoms with Gasteiger partial charge in [0.15, 0.2) is 0 Å². The molecule has 1 fully saturated rings. The summed E-state index contributed by atoms with van der Waals surface area (Å²) in [5.41, 5.74) is 4.31. The number of halogens is 1. The Hall–Kier alpha value is -2.11. The Morgan fingerprint density at radius 3 is 2.58 bits per heavy atom. The molecule has 0 atom stereocenters. The summed E-state index contributed by atoms with van der Waals surface area (Å²) in [5, 5.41) is 12.0. The molecule has 1 aromatic carbocycles. The van der Waals surface area contributed by atoms with Gasteiger partial charge in [-0.05, 0) is 25.0 Å². The van der Waals surface area contributed by atoms with Gasteiger partial charge in [0.2, 0.25) is 0 Å². The van der Waals surface area contributed by atoms with E-state index in [1.54, 1.807) is 0 Å². The van der Waals surface area contributed by atoms with Crippen molar-refractivity contribution in [3.63, 3.8) is 0 Å². The fraction of sp³-hybridized carbons (Fsp3) is 0.385. The lowest BCUT2D eigenvalue weighted by Gasteiger charge is -2.38. The van der Waals surface area contributed by atoms with Crippen molar-refractivity contribution < 1.29 is 19.1 Å². The maximum absolute atomic E-state index is 13.5. The number of aliphatic carboxylic acids is 1. The fourth-order valence-corrected chi connectivity index (χ4v) is 2.26. The van der Waals surface area contributed by atoms with Crippen LogP contribution in [0.15, 0.2) is 18.2 Å². The van der Waals surface area contributed by atoms with Gasteiger partial charge in [-0.25, -0.2) is 4.39 Å². The summed E-state index contributed by atoms with van der Waals surface area (Å²) in [6, 6.07) is 4.09. The zero-order valence-electron chi connectivity index (χ0n) is 10.3. The van der Waals surface area contributed by atoms with Crippen LogP contribution in [0.4, 0.5) is 10.1 Å². The first kappa shape index (κ1) is 13.3. The maximum atomic E-state index is 13.5. The molecule has 19 heavy (non-hydrogen) atoms. The minimum atomic E-state index is -0.876. The topological polar surface area (TPSA) is 92.4 Å². The van der Waals surface area contributed by atoms with E-state index in [4.69, 9.17) is 5.73 Å². The van der Waals surface area contributed by atoms with Gasteiger partial charge in [0.05, 0.1) is 11.0 Å². The van der Waals surface area contributed by atoms with Crippen LogP contribution in [0, 0.1) is 11.2 Å². The van der Waals surface area contributed by atoms with Crippen molar-refractivity contribution in [3.05, 3.63) is 29.6 Å². The Morgan fingerprint density at radius 1 is 1.42 bits per heavy atom. The molecular weight excluding hydrogens is 251 g/mol. The molecule has 0 spiro atoms. The van der Waals surface area contributed by atoms with E-state index in [-0.39, 0.29) is 17.8 Å². The minimum Gasteiger partial charge on any atom is -0.481 e. The van der Waals surface area contributed by atoms with Crippen molar-refractivity contribution in [2.45, 2.75) is 19.3 Å². The second-order valence-electron chi connectivity index (χ2n) is 4.82. The van der Waals surface area contributed by atoms with Gasteiger partial charge in [0, 0.05) is 12.2 Å². The van der Waals surface area contributed by atoms with E-state index in [1.807, 2.05) is 0 Å². The van der Waals surface area contributed by atoms with E-state index in [0.29, 0.717) is 12.8 Å². The molecule has 1 aliphatic rings. The second-order valence-corrected chi connectivity index (χ2v) is 4.82. The maximum Gasteiger partial charge on any atom is 0.311 e. The first-order chi connectivity index (χ1) is 8.96. The Bertz CT molecular complexity index is 527. The average Bonchev–Trinajstić information content (AvgIpc) is 2.26. The summed E-state index contributed by atoms with van der Waals surface area (Å²) < 4.78 is 13.5. The number of anilines is 1. The molecule has 0 unspecified atom stereocenters. The molecule has 0 saturated heterocycles. The lowest BCUT2D eigenvalue weighted by Crippen LogP contribution is -2.43. The van der Waals surface area contributed by atoms with E-state index < -0.39 is 23.1 Å². The lowest BCUT2D eigenvalue weighted by molar-refractivity contribution is -0.153. The van der Waals surface area contributed by atoms with Crippen LogP contribution in [0.2, 0.25) is 0 Å². The number of rotatable bonds is 5. The number of benzene rings is 1. The third kappa shape index (κ3) is 2.38. The highest BCUT2D eigenvalue weighted by molar-refractivity contribution is 5.98. The zero-order valence-corrected chi connectivity index (χ0v) is 10.3. The largest absolute Gasteiger partial charge is 0.481 e. The van der Waals surface area contributed by atoms with Gasteiger partial charge in [0.1, 0.15) is 5.82 Å². The van der Waals surface area contributed by atoms with Crippen molar-refractivity contribution in [1.82, 2.24) is 0 Å². The van der Waals surface area contributed by atoms with Crippen LogP contribution in [-0.2, 0) is 4.79 Å². The van der Waals surface area contributed by atoms with E-state index in [9.17, 15) is 19.1 Å². The van der Waals surface area contributed by atoms with Crippen LogP contribution in [0.1, 0.15) is 29.6 Å². The molecule has 1 saturated carbocycles. The number of amides is 1. The quantitative estimate of drug-likeness (QED) is 0.754. The Labute approximate surface area is 109 Å². The summed E-state index contributed by atoms with van der Waals surface area (Å²) >= 11 is 0. The van der Waals surface area contributed by atoms with Gasteiger partial charge >= 0.3 is 5.97 Å². The van der Waals surface area contributed by atoms with Gasteiger partial charge in [-0.2, -0.15) is 0 Å². The number of primary amides is 1. The number of carboxylic acid groups (broad SMARTS) is 1. The van der Waals surface area contributed by atoms with Crippen LogP contribution >= 0.6 is 0 Å². The van der Waals surface area contributed by atoms with Gasteiger partial charge < -0.3 is 16.2 Å². The number of carbonyl (C=O) groups is 2. The summed E-state index contributed by atoms with van der Waals surface area (Å²) in [4.78, 5) is 22.4. The number of nitrogens with one attached hydrogen (secondary N) is 1. The van der Waals surface area contributed by atoms with Crippen LogP contribution in [0.25, 0.3) is 0 Å². The van der Waals surface area contributed by atoms with Crippen molar-refractivity contribution in [1.29, 1.82) is 0 Å². The normalized spacial score (nSPS) is 16.5. The molecular formula is C13H15FN2O3. The summed E-state index contributed by atoms with van der Waals surface area (Å²) in [5.74, 6) is -2.46. The van der Waals surface area contributed by atoms with E-state index >= 15 is 0 Å². The van der Waals surface area contributed by atoms with Crippen LogP contribution in [-0.4, -0.2) is 23.5 Å². The number of carboxylic acids is 1. The third-order valence-electron chi connectivity index (χ3n) is 3.64. The Balaban J connectivity index is 2.18. The molecule has 0 aliphatic heterocycles. The molecule has 6 heteroatoms. The molecule has 0 radical (unpaired) electrons. The predicted octanol–water partition coefficient (Wildman–Crippen LogP) is 1.59. The first-order valence-electron chi connectivity index (χ1n) is 6.02. The summed E-state index contributed by atoms with van der Waals surface area (Å²) in [6.45, 7) is 0.159. The van der Waals surface area contributed by atoms with Crippen molar-refractivity contribution >= 4 is 17.6 Å². The van der Waals surface area contributed by atoms with E-state index in [1.165, 1.54) is 12.1 Å². The van der Waals surface area contributed by atoms with Crippen LogP contribution in [0.3, 0.4) is 0 Å². The number of hydrogen-bond acceptors (Lipinski definition) is 3. The molecule has 0 heterocycles. The molecule has 4 N–H and O–H groups in total. The Morgan fingerprint density at radius 2 is 2.11 bits per heavy atom. The molecule has 2 rings (SSSR count). The minimum absolute atomic E-state index is 0.159. The van der Waals surface area contributed by atoms with Crippen molar-refractivity contribution in [2.75, 3.05) is 11.9 Å². The second kappa shape index (κ2) is 4.87. The molecule has 0 bridgehead atoms. The van der Waals surface area contributed by atoms with Gasteiger partial charge in [-0.15, -0.1) is 0 Å². The summed E-state index contributed by atoms with van der Waals surface area (Å²) in [6.07, 6.45) is 2.02. The highest BCUT2D eigenvalue weighted by Gasteiger charge is 2.44. The number of nitrogens with two attached hydrogens (primary N) is 1. The predicted molar refractivity (Wildman–Crippen MR) is 67.3 cm³/mol. The molecule has 1 aliphatic carbocycles. The Kier molecular flexibility index (Phi) is 3.42. The van der Waals surface area contributed by atoms with Crippen molar-refractivity contribution in [3.8, 4) is 0 Å². The number of hydrogen-bond donors (Lipinski definition) is 3. The lowest BCUT2D eigenvalue weighted by atomic mass is 9.69. The first-order valence-corrected chi connectivity index (χ1v) is 6.02. The molecule has 5 nitrogen and oxygen atoms in total. The molecule has 1 amide bonds. The smallest absolute Gasteiger partial charge is 0.311 e. The summed E-state index contributed by atoms with van der Waals surface area (Å²) in [7, 11) is 0. The SMILES string of the molecule is NC(=O)c1c(F)cccc1NCC1(C(=O)O)CCC1. The fourth-order valence-electron chi connectivity index (χ4n) is 2.26. The average molecular weight is 266 g/mol. The van der Waals surface area contributed by atoms with Gasteiger partial charge in [-0.3, -0.25) is 9.59 Å². The number of carbonyl (C=O) groups excluding carboxylic acids is 1. The van der Waals surface area contributed by atoms with Gasteiger partial charge in [0.25, 0.3) is 5.91 Å². The van der Waals surface area contributed by atoms with Gasteiger partial charge in [-0.1, -0.05) is 12.5 Å². The monoisotopic (exact) mass is 266 g/mol. The standard InChI is InChI=1S/C13H15FN2O3/c14-8-3-1-4-9(10(8)11(15)17)16-7-13(12(18)19)5-2-6-13/h1,3-4,16H,2,5-7H2,(H2,15,17)(H,18,19). The van der Waals surface area contributed by atoms with E-state index in [0.717, 1.165) is 12.5 Å². The van der Waals surface area contributed by atoms with E-state index in [2.05, 4.69) is 5.32 Å².